The first-order valence-electron chi connectivity index (χ1n) is 7.95. The zero-order chi connectivity index (χ0) is 17.1. The second-order valence-corrected chi connectivity index (χ2v) is 6.28. The molecule has 1 saturated heterocycles. The van der Waals surface area contributed by atoms with Gasteiger partial charge in [-0.05, 0) is 50.5 Å². The third-order valence-corrected chi connectivity index (χ3v) is 4.42. The summed E-state index contributed by atoms with van der Waals surface area (Å²) in [5.41, 5.74) is 1.99. The Morgan fingerprint density at radius 1 is 1.33 bits per heavy atom. The molecule has 3 rings (SSSR count). The van der Waals surface area contributed by atoms with Gasteiger partial charge in [-0.25, -0.2) is 4.68 Å². The van der Waals surface area contributed by atoms with Gasteiger partial charge in [0.2, 0.25) is 5.91 Å². The number of amides is 2. The van der Waals surface area contributed by atoms with Crippen molar-refractivity contribution in [3.63, 3.8) is 0 Å². The van der Waals surface area contributed by atoms with E-state index >= 15 is 0 Å². The van der Waals surface area contributed by atoms with Crippen LogP contribution in [0.4, 0.5) is 0 Å². The molecule has 1 aliphatic heterocycles. The summed E-state index contributed by atoms with van der Waals surface area (Å²) < 4.78 is 1.68. The molecule has 0 saturated carbocycles. The Morgan fingerprint density at radius 2 is 2.08 bits per heavy atom. The predicted molar refractivity (Wildman–Crippen MR) is 91.4 cm³/mol. The van der Waals surface area contributed by atoms with Gasteiger partial charge in [0.05, 0.1) is 23.1 Å². The molecule has 2 amide bonds. The highest BCUT2D eigenvalue weighted by atomic mass is 35.5. The summed E-state index contributed by atoms with van der Waals surface area (Å²) >= 11 is 5.90. The number of rotatable bonds is 3. The van der Waals surface area contributed by atoms with E-state index in [-0.39, 0.29) is 11.8 Å². The summed E-state index contributed by atoms with van der Waals surface area (Å²) in [4.78, 5) is 24.5. The van der Waals surface area contributed by atoms with Gasteiger partial charge in [-0.15, -0.1) is 0 Å². The molecule has 126 valence electrons. The molecule has 0 bridgehead atoms. The highest BCUT2D eigenvalue weighted by molar-refractivity contribution is 6.30. The third-order valence-electron chi connectivity index (χ3n) is 4.17. The molecule has 0 radical (unpaired) electrons. The van der Waals surface area contributed by atoms with Gasteiger partial charge in [-0.2, -0.15) is 5.10 Å². The number of aromatic nitrogens is 2. The fourth-order valence-electron chi connectivity index (χ4n) is 2.79. The molecule has 1 aromatic carbocycles. The Labute approximate surface area is 145 Å². The fourth-order valence-corrected chi connectivity index (χ4v) is 2.91. The molecule has 2 aromatic rings. The molecule has 0 aliphatic carbocycles. The van der Waals surface area contributed by atoms with Gasteiger partial charge in [0.1, 0.15) is 6.04 Å². The maximum Gasteiger partial charge on any atom is 0.255 e. The summed E-state index contributed by atoms with van der Waals surface area (Å²) in [7, 11) is 0. The third kappa shape index (κ3) is 3.43. The van der Waals surface area contributed by atoms with Gasteiger partial charge in [0.15, 0.2) is 0 Å². The van der Waals surface area contributed by atoms with Crippen LogP contribution in [0.1, 0.15) is 35.3 Å². The minimum Gasteiger partial charge on any atom is -0.354 e. The van der Waals surface area contributed by atoms with Crippen LogP contribution in [0.3, 0.4) is 0 Å². The fraction of sp³-hybridized carbons (Fsp3) is 0.353. The van der Waals surface area contributed by atoms with Crippen LogP contribution < -0.4 is 10.6 Å². The monoisotopic (exact) mass is 346 g/mol. The molecule has 1 atom stereocenters. The van der Waals surface area contributed by atoms with E-state index in [4.69, 9.17) is 11.6 Å². The molecule has 2 heterocycles. The largest absolute Gasteiger partial charge is 0.354 e. The number of halogens is 1. The van der Waals surface area contributed by atoms with Crippen molar-refractivity contribution >= 4 is 23.4 Å². The van der Waals surface area contributed by atoms with Gasteiger partial charge in [0.25, 0.3) is 5.91 Å². The van der Waals surface area contributed by atoms with Gasteiger partial charge >= 0.3 is 0 Å². The van der Waals surface area contributed by atoms with Crippen molar-refractivity contribution in [3.8, 4) is 5.69 Å². The first-order chi connectivity index (χ1) is 11.6. The van der Waals surface area contributed by atoms with Crippen molar-refractivity contribution in [2.75, 3.05) is 6.54 Å². The Bertz CT molecular complexity index is 754. The summed E-state index contributed by atoms with van der Waals surface area (Å²) in [5.74, 6) is -0.404. The van der Waals surface area contributed by atoms with Gasteiger partial charge < -0.3 is 10.6 Å². The van der Waals surface area contributed by atoms with Crippen molar-refractivity contribution in [3.05, 3.63) is 46.7 Å². The van der Waals surface area contributed by atoms with E-state index in [1.54, 1.807) is 16.8 Å². The van der Waals surface area contributed by atoms with E-state index in [1.165, 1.54) is 6.20 Å². The topological polar surface area (TPSA) is 76.0 Å². The molecule has 1 aliphatic rings. The normalized spacial score (nSPS) is 17.9. The smallest absolute Gasteiger partial charge is 0.255 e. The van der Waals surface area contributed by atoms with Gasteiger partial charge in [-0.1, -0.05) is 11.6 Å². The SMILES string of the molecule is Cc1c(C(=O)N[C@H]2CCCCNC2=O)cnn1-c1ccc(Cl)cc1. The number of hydrogen-bond acceptors (Lipinski definition) is 3. The van der Waals surface area contributed by atoms with Crippen molar-refractivity contribution in [1.29, 1.82) is 0 Å². The van der Waals surface area contributed by atoms with E-state index in [0.717, 1.165) is 18.5 Å². The minimum atomic E-state index is -0.488. The zero-order valence-electron chi connectivity index (χ0n) is 13.4. The number of hydrogen-bond donors (Lipinski definition) is 2. The van der Waals surface area contributed by atoms with Crippen molar-refractivity contribution in [2.45, 2.75) is 32.2 Å². The van der Waals surface area contributed by atoms with Crippen molar-refractivity contribution in [1.82, 2.24) is 20.4 Å². The highest BCUT2D eigenvalue weighted by Crippen LogP contribution is 2.17. The van der Waals surface area contributed by atoms with E-state index < -0.39 is 6.04 Å². The van der Waals surface area contributed by atoms with Crippen LogP contribution in [-0.2, 0) is 4.79 Å². The molecular formula is C17H19ClN4O2. The van der Waals surface area contributed by atoms with Crippen LogP contribution in [0, 0.1) is 6.92 Å². The summed E-state index contributed by atoms with van der Waals surface area (Å²) in [6.45, 7) is 2.49. The van der Waals surface area contributed by atoms with E-state index in [0.29, 0.717) is 29.2 Å². The van der Waals surface area contributed by atoms with Crippen LogP contribution in [-0.4, -0.2) is 34.2 Å². The molecule has 6 nitrogen and oxygen atoms in total. The summed E-state index contributed by atoms with van der Waals surface area (Å²) in [6, 6.07) is 6.73. The lowest BCUT2D eigenvalue weighted by Gasteiger charge is -2.15. The number of nitrogens with zero attached hydrogens (tertiary/aromatic N) is 2. The molecule has 2 N–H and O–H groups in total. The van der Waals surface area contributed by atoms with Crippen LogP contribution in [0.15, 0.2) is 30.5 Å². The van der Waals surface area contributed by atoms with E-state index in [1.807, 2.05) is 19.1 Å². The lowest BCUT2D eigenvalue weighted by molar-refractivity contribution is -0.122. The molecule has 7 heteroatoms. The van der Waals surface area contributed by atoms with Gasteiger partial charge in [-0.3, -0.25) is 9.59 Å². The van der Waals surface area contributed by atoms with Crippen LogP contribution in [0.25, 0.3) is 5.69 Å². The molecular weight excluding hydrogens is 328 g/mol. The Kier molecular flexibility index (Phi) is 4.85. The van der Waals surface area contributed by atoms with Crippen molar-refractivity contribution in [2.24, 2.45) is 0 Å². The van der Waals surface area contributed by atoms with E-state index in [9.17, 15) is 9.59 Å². The second-order valence-electron chi connectivity index (χ2n) is 5.84. The van der Waals surface area contributed by atoms with Crippen molar-refractivity contribution < 1.29 is 9.59 Å². The predicted octanol–water partition coefficient (Wildman–Crippen LogP) is 2.23. The second kappa shape index (κ2) is 7.05. The molecule has 24 heavy (non-hydrogen) atoms. The molecule has 1 aromatic heterocycles. The lowest BCUT2D eigenvalue weighted by atomic mass is 10.1. The average molecular weight is 347 g/mol. The maximum atomic E-state index is 12.5. The van der Waals surface area contributed by atoms with E-state index in [2.05, 4.69) is 15.7 Å². The number of nitrogens with one attached hydrogen (secondary N) is 2. The summed E-state index contributed by atoms with van der Waals surface area (Å²) in [5, 5.41) is 10.5. The van der Waals surface area contributed by atoms with Crippen LogP contribution in [0.2, 0.25) is 5.02 Å². The quantitative estimate of drug-likeness (QED) is 0.894. The number of carbonyl (C=O) groups is 2. The van der Waals surface area contributed by atoms with Gasteiger partial charge in [0, 0.05) is 11.6 Å². The first kappa shape index (κ1) is 16.5. The van der Waals surface area contributed by atoms with Crippen LogP contribution >= 0.6 is 11.6 Å². The number of carbonyl (C=O) groups excluding carboxylic acids is 2. The zero-order valence-corrected chi connectivity index (χ0v) is 14.1. The first-order valence-corrected chi connectivity index (χ1v) is 8.33. The Hall–Kier alpha value is -2.34. The van der Waals surface area contributed by atoms with Crippen LogP contribution in [0.5, 0.6) is 0 Å². The highest BCUT2D eigenvalue weighted by Gasteiger charge is 2.24. The average Bonchev–Trinajstić information content (AvgIpc) is 2.84. The summed E-state index contributed by atoms with van der Waals surface area (Å²) in [6.07, 6.45) is 4.02. The molecule has 1 fully saturated rings. The number of benzene rings is 1. The standard InChI is InChI=1S/C17H19ClN4O2/c1-11-14(10-20-22(11)13-7-5-12(18)6-8-13)16(23)21-15-4-2-3-9-19-17(15)24/h5-8,10,15H,2-4,9H2,1H3,(H,19,24)(H,21,23)/t15-/m0/s1. The minimum absolute atomic E-state index is 0.122. The Balaban J connectivity index is 1.78. The maximum absolute atomic E-state index is 12.5. The lowest BCUT2D eigenvalue weighted by Crippen LogP contribution is -2.45. The molecule has 0 unspecified atom stereocenters. The Morgan fingerprint density at radius 3 is 2.83 bits per heavy atom. The molecule has 0 spiro atoms.